The van der Waals surface area contributed by atoms with Gasteiger partial charge < -0.3 is 0 Å². The fourth-order valence-electron chi connectivity index (χ4n) is 2.36. The molecule has 3 aromatic rings. The van der Waals surface area contributed by atoms with E-state index >= 15 is 0 Å². The standard InChI is InChI=1S/C17H12ClF3N2O2S2/c18-14-6-5-12(9-13(14)17(19,20)21)27(24,25)23-10-11-3-1-7-22-16(11)15-4-2-8-26-15/h1-9,23H,10H2. The second kappa shape index (κ2) is 7.59. The zero-order chi connectivity index (χ0) is 19.7. The molecule has 2 aromatic heterocycles. The van der Waals surface area contributed by atoms with Gasteiger partial charge in [0.1, 0.15) is 0 Å². The summed E-state index contributed by atoms with van der Waals surface area (Å²) in [5.41, 5.74) is 0.0171. The summed E-state index contributed by atoms with van der Waals surface area (Å²) >= 11 is 6.99. The molecule has 0 fully saturated rings. The lowest BCUT2D eigenvalue weighted by Gasteiger charge is -2.13. The monoisotopic (exact) mass is 432 g/mol. The third-order valence-electron chi connectivity index (χ3n) is 3.65. The molecule has 0 amide bonds. The van der Waals surface area contributed by atoms with Crippen molar-refractivity contribution in [3.63, 3.8) is 0 Å². The molecule has 4 nitrogen and oxygen atoms in total. The van der Waals surface area contributed by atoms with Crippen LogP contribution in [0.25, 0.3) is 10.6 Å². The van der Waals surface area contributed by atoms with Gasteiger partial charge in [-0.05, 0) is 41.3 Å². The van der Waals surface area contributed by atoms with E-state index in [1.807, 2.05) is 17.5 Å². The molecule has 0 atom stereocenters. The van der Waals surface area contributed by atoms with Crippen LogP contribution in [0.5, 0.6) is 0 Å². The predicted molar refractivity (Wildman–Crippen MR) is 98.0 cm³/mol. The molecule has 27 heavy (non-hydrogen) atoms. The molecule has 10 heteroatoms. The summed E-state index contributed by atoms with van der Waals surface area (Å²) < 4.78 is 66.1. The minimum atomic E-state index is -4.75. The van der Waals surface area contributed by atoms with E-state index in [1.54, 1.807) is 18.3 Å². The van der Waals surface area contributed by atoms with Gasteiger partial charge >= 0.3 is 6.18 Å². The molecular formula is C17H12ClF3N2O2S2. The van der Waals surface area contributed by atoms with Crippen molar-refractivity contribution in [2.45, 2.75) is 17.6 Å². The Balaban J connectivity index is 1.87. The molecule has 0 aliphatic carbocycles. The van der Waals surface area contributed by atoms with E-state index in [4.69, 9.17) is 11.6 Å². The first kappa shape index (κ1) is 19.8. The Morgan fingerprint density at radius 3 is 2.59 bits per heavy atom. The number of thiophene rings is 1. The van der Waals surface area contributed by atoms with Gasteiger partial charge in [0.25, 0.3) is 0 Å². The predicted octanol–water partition coefficient (Wildman–Crippen LogP) is 4.96. The van der Waals surface area contributed by atoms with Crippen molar-refractivity contribution in [3.05, 3.63) is 70.2 Å². The molecule has 3 rings (SSSR count). The van der Waals surface area contributed by atoms with Crippen LogP contribution in [0.1, 0.15) is 11.1 Å². The van der Waals surface area contributed by atoms with Crippen LogP contribution in [-0.2, 0) is 22.7 Å². The van der Waals surface area contributed by atoms with E-state index in [2.05, 4.69) is 9.71 Å². The molecule has 1 aromatic carbocycles. The quantitative estimate of drug-likeness (QED) is 0.619. The normalized spacial score (nSPS) is 12.3. The average Bonchev–Trinajstić information content (AvgIpc) is 3.14. The Hall–Kier alpha value is -1.94. The number of nitrogens with zero attached hydrogens (tertiary/aromatic N) is 1. The lowest BCUT2D eigenvalue weighted by molar-refractivity contribution is -0.137. The third-order valence-corrected chi connectivity index (χ3v) is 6.26. The highest BCUT2D eigenvalue weighted by Gasteiger charge is 2.34. The molecule has 142 valence electrons. The number of halogens is 4. The van der Waals surface area contributed by atoms with Gasteiger partial charge in [0.05, 0.1) is 26.1 Å². The van der Waals surface area contributed by atoms with Crippen LogP contribution in [-0.4, -0.2) is 13.4 Å². The second-order valence-electron chi connectivity index (χ2n) is 5.45. The maximum atomic E-state index is 13.0. The number of benzene rings is 1. The van der Waals surface area contributed by atoms with Crippen molar-refractivity contribution in [1.29, 1.82) is 0 Å². The van der Waals surface area contributed by atoms with Gasteiger partial charge in [-0.3, -0.25) is 4.98 Å². The van der Waals surface area contributed by atoms with Crippen LogP contribution in [0.15, 0.2) is 58.9 Å². The Kier molecular flexibility index (Phi) is 5.57. The highest BCUT2D eigenvalue weighted by Crippen LogP contribution is 2.36. The highest BCUT2D eigenvalue weighted by atomic mass is 35.5. The zero-order valence-corrected chi connectivity index (χ0v) is 15.9. The molecule has 1 N–H and O–H groups in total. The van der Waals surface area contributed by atoms with Gasteiger partial charge in [0, 0.05) is 12.7 Å². The molecule has 0 bridgehead atoms. The van der Waals surface area contributed by atoms with E-state index in [9.17, 15) is 21.6 Å². The third kappa shape index (κ3) is 4.49. The van der Waals surface area contributed by atoms with Crippen LogP contribution in [0.3, 0.4) is 0 Å². The van der Waals surface area contributed by atoms with Crippen LogP contribution in [0.4, 0.5) is 13.2 Å². The molecule has 0 aliphatic heterocycles. The summed E-state index contributed by atoms with van der Waals surface area (Å²) in [6.45, 7) is -0.118. The maximum Gasteiger partial charge on any atom is 0.417 e. The molecular weight excluding hydrogens is 421 g/mol. The largest absolute Gasteiger partial charge is 0.417 e. The smallest absolute Gasteiger partial charge is 0.255 e. The minimum Gasteiger partial charge on any atom is -0.255 e. The van der Waals surface area contributed by atoms with E-state index < -0.39 is 31.7 Å². The van der Waals surface area contributed by atoms with Crippen LogP contribution < -0.4 is 4.72 Å². The number of rotatable bonds is 5. The minimum absolute atomic E-state index is 0.118. The fraction of sp³-hybridized carbons (Fsp3) is 0.118. The number of nitrogens with one attached hydrogen (secondary N) is 1. The van der Waals surface area contributed by atoms with Crippen molar-refractivity contribution in [2.75, 3.05) is 0 Å². The molecule has 0 spiro atoms. The van der Waals surface area contributed by atoms with Crippen LogP contribution >= 0.6 is 22.9 Å². The Labute approximate surface area is 162 Å². The van der Waals surface area contributed by atoms with E-state index in [1.165, 1.54) is 11.3 Å². The lowest BCUT2D eigenvalue weighted by Crippen LogP contribution is -2.24. The first-order chi connectivity index (χ1) is 12.7. The fourth-order valence-corrected chi connectivity index (χ4v) is 4.37. The summed E-state index contributed by atoms with van der Waals surface area (Å²) in [5.74, 6) is 0. The van der Waals surface area contributed by atoms with E-state index in [0.717, 1.165) is 17.0 Å². The van der Waals surface area contributed by atoms with Gasteiger partial charge in [0.2, 0.25) is 10.0 Å². The Morgan fingerprint density at radius 2 is 1.93 bits per heavy atom. The molecule has 0 saturated heterocycles. The number of sulfonamides is 1. The SMILES string of the molecule is O=S(=O)(NCc1cccnc1-c1cccs1)c1ccc(Cl)c(C(F)(F)F)c1. The summed E-state index contributed by atoms with van der Waals surface area (Å²) in [7, 11) is -4.18. The van der Waals surface area contributed by atoms with Gasteiger partial charge in [0.15, 0.2) is 0 Å². The number of alkyl halides is 3. The molecule has 0 saturated carbocycles. The number of pyridine rings is 1. The van der Waals surface area contributed by atoms with Crippen molar-refractivity contribution < 1.29 is 21.6 Å². The topological polar surface area (TPSA) is 59.1 Å². The first-order valence-corrected chi connectivity index (χ1v) is 10.3. The van der Waals surface area contributed by atoms with Crippen LogP contribution in [0.2, 0.25) is 5.02 Å². The zero-order valence-electron chi connectivity index (χ0n) is 13.5. The average molecular weight is 433 g/mol. The number of hydrogen-bond donors (Lipinski definition) is 1. The van der Waals surface area contributed by atoms with E-state index in [0.29, 0.717) is 17.3 Å². The van der Waals surface area contributed by atoms with Crippen molar-refractivity contribution >= 4 is 33.0 Å². The summed E-state index contributed by atoms with van der Waals surface area (Å²) in [6, 6.07) is 9.52. The maximum absolute atomic E-state index is 13.0. The lowest BCUT2D eigenvalue weighted by atomic mass is 10.2. The van der Waals surface area contributed by atoms with Crippen molar-refractivity contribution in [2.24, 2.45) is 0 Å². The second-order valence-corrected chi connectivity index (χ2v) is 8.57. The van der Waals surface area contributed by atoms with Gasteiger partial charge in [-0.1, -0.05) is 23.7 Å². The first-order valence-electron chi connectivity index (χ1n) is 7.52. The van der Waals surface area contributed by atoms with Gasteiger partial charge in [-0.25, -0.2) is 13.1 Å². The number of aromatic nitrogens is 1. The summed E-state index contributed by atoms with van der Waals surface area (Å²) in [4.78, 5) is 4.61. The Bertz CT molecular complexity index is 1050. The summed E-state index contributed by atoms with van der Waals surface area (Å²) in [5, 5.41) is 1.30. The van der Waals surface area contributed by atoms with Crippen molar-refractivity contribution in [1.82, 2.24) is 9.71 Å². The van der Waals surface area contributed by atoms with Crippen molar-refractivity contribution in [3.8, 4) is 10.6 Å². The van der Waals surface area contributed by atoms with Crippen LogP contribution in [0, 0.1) is 0 Å². The molecule has 0 unspecified atom stereocenters. The van der Waals surface area contributed by atoms with E-state index in [-0.39, 0.29) is 6.54 Å². The Morgan fingerprint density at radius 1 is 1.15 bits per heavy atom. The summed E-state index contributed by atoms with van der Waals surface area (Å²) in [6.07, 6.45) is -3.17. The number of hydrogen-bond acceptors (Lipinski definition) is 4. The molecule has 0 radical (unpaired) electrons. The highest BCUT2D eigenvalue weighted by molar-refractivity contribution is 7.89. The molecule has 2 heterocycles. The van der Waals surface area contributed by atoms with Gasteiger partial charge in [-0.2, -0.15) is 13.2 Å². The van der Waals surface area contributed by atoms with Gasteiger partial charge in [-0.15, -0.1) is 11.3 Å². The molecule has 0 aliphatic rings.